The first kappa shape index (κ1) is 12.2. The van der Waals surface area contributed by atoms with Crippen LogP contribution in [0.1, 0.15) is 36.5 Å². The van der Waals surface area contributed by atoms with Gasteiger partial charge in [0.05, 0.1) is 0 Å². The summed E-state index contributed by atoms with van der Waals surface area (Å²) in [6.45, 7) is 3.00. The van der Waals surface area contributed by atoms with E-state index in [-0.39, 0.29) is 5.91 Å². The Bertz CT molecular complexity index is 414. The van der Waals surface area contributed by atoms with Gasteiger partial charge < -0.3 is 16.0 Å². The van der Waals surface area contributed by atoms with Gasteiger partial charge in [-0.15, -0.1) is 0 Å². The van der Waals surface area contributed by atoms with Gasteiger partial charge in [0.25, 0.3) is 5.91 Å². The van der Waals surface area contributed by atoms with Gasteiger partial charge in [0.2, 0.25) is 0 Å². The summed E-state index contributed by atoms with van der Waals surface area (Å²) in [6.07, 6.45) is 3.17. The molecule has 0 unspecified atom stereocenters. The van der Waals surface area contributed by atoms with Crippen LogP contribution in [0.25, 0.3) is 0 Å². The maximum absolute atomic E-state index is 12.1. The third-order valence-electron chi connectivity index (χ3n) is 2.75. The molecule has 94 valence electrons. The number of rotatable bonds is 5. The van der Waals surface area contributed by atoms with Gasteiger partial charge >= 0.3 is 0 Å². The summed E-state index contributed by atoms with van der Waals surface area (Å²) < 4.78 is 4.09. The van der Waals surface area contributed by atoms with Crippen LogP contribution in [0.15, 0.2) is 0 Å². The molecule has 1 aliphatic rings. The molecule has 1 saturated carbocycles. The Hall–Kier alpha value is -1.30. The second-order valence-corrected chi connectivity index (χ2v) is 5.17. The van der Waals surface area contributed by atoms with Crippen molar-refractivity contribution in [2.45, 2.75) is 32.2 Å². The highest BCUT2D eigenvalue weighted by molar-refractivity contribution is 7.11. The number of nitrogens with zero attached hydrogens (tertiary/aromatic N) is 2. The molecule has 1 heterocycles. The fraction of sp³-hybridized carbons (Fsp3) is 0.636. The summed E-state index contributed by atoms with van der Waals surface area (Å²) in [5.74, 6) is 0.253. The molecule has 1 aromatic heterocycles. The smallest absolute Gasteiger partial charge is 0.258 e. The lowest BCUT2D eigenvalue weighted by Crippen LogP contribution is -2.28. The largest absolute Gasteiger partial charge is 0.382 e. The molecule has 0 atom stereocenters. The molecular weight excluding hydrogens is 236 g/mol. The van der Waals surface area contributed by atoms with Gasteiger partial charge in [-0.05, 0) is 30.8 Å². The second kappa shape index (κ2) is 4.91. The number of hydrogen-bond acceptors (Lipinski definition) is 5. The molecule has 0 bridgehead atoms. The SMILES string of the molecule is CCCN(C)c1snc(N)c1C(=O)NC1CC1. The topological polar surface area (TPSA) is 71.2 Å². The minimum absolute atomic E-state index is 0.0864. The molecule has 0 aliphatic heterocycles. The highest BCUT2D eigenvalue weighted by Gasteiger charge is 2.28. The van der Waals surface area contributed by atoms with Crippen LogP contribution in [0.2, 0.25) is 0 Å². The van der Waals surface area contributed by atoms with Crippen molar-refractivity contribution in [3.05, 3.63) is 5.56 Å². The van der Waals surface area contributed by atoms with Crippen molar-refractivity contribution in [3.8, 4) is 0 Å². The van der Waals surface area contributed by atoms with Gasteiger partial charge in [-0.3, -0.25) is 4.79 Å². The highest BCUT2D eigenvalue weighted by Crippen LogP contribution is 2.30. The van der Waals surface area contributed by atoms with E-state index in [1.54, 1.807) is 0 Å². The maximum Gasteiger partial charge on any atom is 0.258 e. The van der Waals surface area contributed by atoms with Crippen molar-refractivity contribution < 1.29 is 4.79 Å². The summed E-state index contributed by atoms with van der Waals surface area (Å²) in [5.41, 5.74) is 6.32. The van der Waals surface area contributed by atoms with Crippen LogP contribution in [0.5, 0.6) is 0 Å². The van der Waals surface area contributed by atoms with E-state index >= 15 is 0 Å². The van der Waals surface area contributed by atoms with Crippen molar-refractivity contribution in [2.75, 3.05) is 24.2 Å². The van der Waals surface area contributed by atoms with Crippen molar-refractivity contribution in [1.29, 1.82) is 0 Å². The third-order valence-corrected chi connectivity index (χ3v) is 3.72. The average Bonchev–Trinajstić information content (AvgIpc) is 2.99. The molecule has 1 amide bonds. The van der Waals surface area contributed by atoms with E-state index in [1.807, 2.05) is 11.9 Å². The molecule has 0 aromatic carbocycles. The van der Waals surface area contributed by atoms with E-state index in [1.165, 1.54) is 11.5 Å². The van der Waals surface area contributed by atoms with Crippen molar-refractivity contribution in [1.82, 2.24) is 9.69 Å². The Balaban J connectivity index is 2.18. The van der Waals surface area contributed by atoms with E-state index in [0.29, 0.717) is 17.4 Å². The van der Waals surface area contributed by atoms with Crippen LogP contribution in [0, 0.1) is 0 Å². The molecule has 1 fully saturated rings. The van der Waals surface area contributed by atoms with Gasteiger partial charge in [-0.25, -0.2) is 0 Å². The Morgan fingerprint density at radius 3 is 2.94 bits per heavy atom. The fourth-order valence-electron chi connectivity index (χ4n) is 1.69. The predicted octanol–water partition coefficient (Wildman–Crippen LogP) is 1.46. The molecule has 2 rings (SSSR count). The van der Waals surface area contributed by atoms with E-state index in [4.69, 9.17) is 5.73 Å². The number of hydrogen-bond donors (Lipinski definition) is 2. The Labute approximate surface area is 105 Å². The first-order chi connectivity index (χ1) is 8.13. The summed E-state index contributed by atoms with van der Waals surface area (Å²) in [5, 5.41) is 3.82. The number of carbonyl (C=O) groups is 1. The number of nitrogens with one attached hydrogen (secondary N) is 1. The van der Waals surface area contributed by atoms with Gasteiger partial charge in [-0.2, -0.15) is 4.37 Å². The zero-order chi connectivity index (χ0) is 12.4. The summed E-state index contributed by atoms with van der Waals surface area (Å²) in [7, 11) is 1.96. The third kappa shape index (κ3) is 2.69. The van der Waals surface area contributed by atoms with Crippen LogP contribution < -0.4 is 16.0 Å². The monoisotopic (exact) mass is 254 g/mol. The lowest BCUT2D eigenvalue weighted by molar-refractivity contribution is 0.0952. The van der Waals surface area contributed by atoms with E-state index in [2.05, 4.69) is 16.6 Å². The molecule has 0 saturated heterocycles. The normalized spacial score (nSPS) is 14.7. The molecule has 1 aliphatic carbocycles. The van der Waals surface area contributed by atoms with Gasteiger partial charge in [0.15, 0.2) is 5.82 Å². The Morgan fingerprint density at radius 2 is 2.35 bits per heavy atom. The minimum atomic E-state index is -0.0864. The van der Waals surface area contributed by atoms with Crippen LogP contribution in [0.3, 0.4) is 0 Å². The van der Waals surface area contributed by atoms with E-state index in [9.17, 15) is 4.79 Å². The number of anilines is 2. The molecule has 6 heteroatoms. The fourth-order valence-corrected chi connectivity index (χ4v) is 2.48. The molecule has 17 heavy (non-hydrogen) atoms. The highest BCUT2D eigenvalue weighted by atomic mass is 32.1. The summed E-state index contributed by atoms with van der Waals surface area (Å²) >= 11 is 1.29. The van der Waals surface area contributed by atoms with Crippen LogP contribution in [-0.2, 0) is 0 Å². The molecule has 1 aromatic rings. The number of carbonyl (C=O) groups excluding carboxylic acids is 1. The number of amides is 1. The minimum Gasteiger partial charge on any atom is -0.382 e. The first-order valence-electron chi connectivity index (χ1n) is 5.90. The van der Waals surface area contributed by atoms with Crippen molar-refractivity contribution in [2.24, 2.45) is 0 Å². The van der Waals surface area contributed by atoms with Crippen LogP contribution in [-0.4, -0.2) is 29.9 Å². The maximum atomic E-state index is 12.1. The second-order valence-electron chi connectivity index (χ2n) is 4.42. The quantitative estimate of drug-likeness (QED) is 0.834. The molecular formula is C11H18N4OS. The summed E-state index contributed by atoms with van der Waals surface area (Å²) in [6, 6.07) is 0.339. The van der Waals surface area contributed by atoms with Crippen molar-refractivity contribution in [3.63, 3.8) is 0 Å². The van der Waals surface area contributed by atoms with Crippen molar-refractivity contribution >= 4 is 28.3 Å². The zero-order valence-corrected chi connectivity index (χ0v) is 11.0. The number of aromatic nitrogens is 1. The number of nitrogen functional groups attached to an aromatic ring is 1. The standard InChI is InChI=1S/C11H18N4OS/c1-3-6-15(2)11-8(9(12)14-17-11)10(16)13-7-4-5-7/h7H,3-6H2,1-2H3,(H2,12,14)(H,13,16). The lowest BCUT2D eigenvalue weighted by atomic mass is 10.2. The molecule has 5 nitrogen and oxygen atoms in total. The Kier molecular flexibility index (Phi) is 3.51. The van der Waals surface area contributed by atoms with Gasteiger partial charge in [0, 0.05) is 19.6 Å². The van der Waals surface area contributed by atoms with Gasteiger partial charge in [0.1, 0.15) is 10.6 Å². The van der Waals surface area contributed by atoms with Crippen LogP contribution in [0.4, 0.5) is 10.8 Å². The van der Waals surface area contributed by atoms with E-state index < -0.39 is 0 Å². The summed E-state index contributed by atoms with van der Waals surface area (Å²) in [4.78, 5) is 14.1. The van der Waals surface area contributed by atoms with E-state index in [0.717, 1.165) is 30.8 Å². The van der Waals surface area contributed by atoms with Crippen LogP contribution >= 0.6 is 11.5 Å². The zero-order valence-electron chi connectivity index (χ0n) is 10.2. The number of nitrogens with two attached hydrogens (primary N) is 1. The average molecular weight is 254 g/mol. The lowest BCUT2D eigenvalue weighted by Gasteiger charge is -2.17. The van der Waals surface area contributed by atoms with Gasteiger partial charge in [-0.1, -0.05) is 6.92 Å². The molecule has 0 spiro atoms. The molecule has 3 N–H and O–H groups in total. The predicted molar refractivity (Wildman–Crippen MR) is 70.6 cm³/mol. The Morgan fingerprint density at radius 1 is 1.65 bits per heavy atom. The first-order valence-corrected chi connectivity index (χ1v) is 6.68. The molecule has 0 radical (unpaired) electrons.